The molecule has 4 rings (SSSR count). The molecule has 27 heavy (non-hydrogen) atoms. The van der Waals surface area contributed by atoms with Crippen LogP contribution in [0.5, 0.6) is 0 Å². The van der Waals surface area contributed by atoms with Gasteiger partial charge >= 0.3 is 0 Å². The first-order valence-corrected chi connectivity index (χ1v) is 9.53. The van der Waals surface area contributed by atoms with Crippen molar-refractivity contribution in [3.05, 3.63) is 29.7 Å². The van der Waals surface area contributed by atoms with Gasteiger partial charge in [-0.05, 0) is 44.2 Å². The standard InChI is InChI=1S/C18H26N6O2.ClH/c1-13-20-17(22-26-13)10-14-4-3-8-23(12-14)18(25)16-6-9-24(21-16)15-5-2-7-19-11-15;/h6,9,14-15,19H,2-5,7-8,10-12H2,1H3;1H. The Hall–Kier alpha value is -1.93. The van der Waals surface area contributed by atoms with Crippen LogP contribution in [0.15, 0.2) is 16.8 Å². The van der Waals surface area contributed by atoms with E-state index in [1.807, 2.05) is 21.8 Å². The molecule has 0 radical (unpaired) electrons. The molecule has 2 aromatic rings. The van der Waals surface area contributed by atoms with Crippen molar-refractivity contribution in [2.75, 3.05) is 26.2 Å². The summed E-state index contributed by atoms with van der Waals surface area (Å²) in [7, 11) is 0. The molecule has 8 nitrogen and oxygen atoms in total. The van der Waals surface area contributed by atoms with Gasteiger partial charge in [-0.2, -0.15) is 10.1 Å². The summed E-state index contributed by atoms with van der Waals surface area (Å²) in [5.74, 6) is 1.72. The van der Waals surface area contributed by atoms with Crippen LogP contribution in [0.3, 0.4) is 0 Å². The molecule has 0 saturated carbocycles. The molecule has 2 fully saturated rings. The predicted octanol–water partition coefficient (Wildman–Crippen LogP) is 2.02. The SMILES string of the molecule is Cc1nc(CC2CCCN(C(=O)c3ccn(C4CCCNC4)n3)C2)no1.Cl. The summed E-state index contributed by atoms with van der Waals surface area (Å²) in [5.41, 5.74) is 0.548. The monoisotopic (exact) mass is 394 g/mol. The molecule has 2 aliphatic heterocycles. The molecule has 0 aromatic carbocycles. The number of carbonyl (C=O) groups is 1. The van der Waals surface area contributed by atoms with Gasteiger partial charge in [0, 0.05) is 39.2 Å². The van der Waals surface area contributed by atoms with Gasteiger partial charge in [0.2, 0.25) is 5.89 Å². The summed E-state index contributed by atoms with van der Waals surface area (Å²) >= 11 is 0. The fourth-order valence-electron chi connectivity index (χ4n) is 3.98. The highest BCUT2D eigenvalue weighted by Crippen LogP contribution is 2.22. The Morgan fingerprint density at radius 3 is 3.00 bits per heavy atom. The highest BCUT2D eigenvalue weighted by atomic mass is 35.5. The lowest BCUT2D eigenvalue weighted by Gasteiger charge is -2.31. The minimum Gasteiger partial charge on any atom is -0.340 e. The molecule has 2 saturated heterocycles. The van der Waals surface area contributed by atoms with Crippen LogP contribution in [0, 0.1) is 12.8 Å². The summed E-state index contributed by atoms with van der Waals surface area (Å²) in [4.78, 5) is 19.1. The lowest BCUT2D eigenvalue weighted by Crippen LogP contribution is -2.41. The van der Waals surface area contributed by atoms with E-state index in [1.165, 1.54) is 0 Å². The Labute approximate surface area is 165 Å². The van der Waals surface area contributed by atoms with Crippen molar-refractivity contribution in [1.82, 2.24) is 30.1 Å². The van der Waals surface area contributed by atoms with Crippen molar-refractivity contribution < 1.29 is 9.32 Å². The van der Waals surface area contributed by atoms with E-state index in [2.05, 4.69) is 20.6 Å². The highest BCUT2D eigenvalue weighted by Gasteiger charge is 2.27. The topological polar surface area (TPSA) is 89.1 Å². The fraction of sp³-hybridized carbons (Fsp3) is 0.667. The van der Waals surface area contributed by atoms with E-state index >= 15 is 0 Å². The van der Waals surface area contributed by atoms with Crippen LogP contribution >= 0.6 is 12.4 Å². The van der Waals surface area contributed by atoms with Gasteiger partial charge in [0.05, 0.1) is 6.04 Å². The van der Waals surface area contributed by atoms with Crippen molar-refractivity contribution in [3.63, 3.8) is 0 Å². The third-order valence-corrected chi connectivity index (χ3v) is 5.32. The molecule has 2 atom stereocenters. The maximum Gasteiger partial charge on any atom is 0.274 e. The summed E-state index contributed by atoms with van der Waals surface area (Å²) in [6.45, 7) is 5.30. The molecule has 4 heterocycles. The largest absolute Gasteiger partial charge is 0.340 e. The molecule has 1 amide bonds. The molecule has 2 aliphatic rings. The van der Waals surface area contributed by atoms with Crippen molar-refractivity contribution >= 4 is 18.3 Å². The molecular weight excluding hydrogens is 368 g/mol. The first-order chi connectivity index (χ1) is 12.7. The predicted molar refractivity (Wildman–Crippen MR) is 102 cm³/mol. The number of amides is 1. The van der Waals surface area contributed by atoms with Gasteiger partial charge < -0.3 is 14.7 Å². The zero-order valence-corrected chi connectivity index (χ0v) is 16.5. The number of piperidine rings is 2. The number of aryl methyl sites for hydroxylation is 1. The first-order valence-electron chi connectivity index (χ1n) is 9.53. The molecule has 0 aliphatic carbocycles. The average molecular weight is 395 g/mol. The Bertz CT molecular complexity index is 755. The van der Waals surface area contributed by atoms with Crippen molar-refractivity contribution in [1.29, 1.82) is 0 Å². The average Bonchev–Trinajstić information content (AvgIpc) is 3.31. The van der Waals surface area contributed by atoms with Crippen molar-refractivity contribution in [2.45, 2.75) is 45.1 Å². The highest BCUT2D eigenvalue weighted by molar-refractivity contribution is 5.92. The minimum absolute atomic E-state index is 0. The summed E-state index contributed by atoms with van der Waals surface area (Å²) in [6.07, 6.45) is 7.03. The van der Waals surface area contributed by atoms with Crippen molar-refractivity contribution in [2.24, 2.45) is 5.92 Å². The summed E-state index contributed by atoms with van der Waals surface area (Å²) in [6, 6.07) is 2.20. The van der Waals surface area contributed by atoms with Crippen LogP contribution in [-0.2, 0) is 6.42 Å². The molecule has 2 aromatic heterocycles. The van der Waals surface area contributed by atoms with Gasteiger partial charge in [0.15, 0.2) is 5.82 Å². The van der Waals surface area contributed by atoms with Gasteiger partial charge in [-0.25, -0.2) is 0 Å². The van der Waals surface area contributed by atoms with Crippen LogP contribution < -0.4 is 5.32 Å². The van der Waals surface area contributed by atoms with Gasteiger partial charge in [0.1, 0.15) is 5.69 Å². The molecule has 0 bridgehead atoms. The quantitative estimate of drug-likeness (QED) is 0.853. The van der Waals surface area contributed by atoms with E-state index in [0.29, 0.717) is 23.5 Å². The number of rotatable bonds is 4. The lowest BCUT2D eigenvalue weighted by molar-refractivity contribution is 0.0664. The fourth-order valence-corrected chi connectivity index (χ4v) is 3.98. The second-order valence-corrected chi connectivity index (χ2v) is 7.37. The first kappa shape index (κ1) is 19.8. The normalized spacial score (nSPS) is 23.1. The smallest absolute Gasteiger partial charge is 0.274 e. The van der Waals surface area contributed by atoms with Gasteiger partial charge in [-0.3, -0.25) is 9.48 Å². The summed E-state index contributed by atoms with van der Waals surface area (Å²) in [5, 5.41) is 11.9. The third kappa shape index (κ3) is 4.68. The van der Waals surface area contributed by atoms with Crippen LogP contribution in [0.25, 0.3) is 0 Å². The second-order valence-electron chi connectivity index (χ2n) is 7.37. The van der Waals surface area contributed by atoms with Gasteiger partial charge in [-0.15, -0.1) is 12.4 Å². The molecule has 148 valence electrons. The molecule has 0 spiro atoms. The Balaban J connectivity index is 0.00000210. The zero-order valence-electron chi connectivity index (χ0n) is 15.6. The van der Waals surface area contributed by atoms with Gasteiger partial charge in [-0.1, -0.05) is 5.16 Å². The lowest BCUT2D eigenvalue weighted by atomic mass is 9.94. The zero-order chi connectivity index (χ0) is 17.9. The molecule has 9 heteroatoms. The van der Waals surface area contributed by atoms with Crippen LogP contribution in [0.4, 0.5) is 0 Å². The van der Waals surface area contributed by atoms with E-state index in [-0.39, 0.29) is 18.3 Å². The Morgan fingerprint density at radius 2 is 2.26 bits per heavy atom. The molecule has 1 N–H and O–H groups in total. The number of hydrogen-bond donors (Lipinski definition) is 1. The van der Waals surface area contributed by atoms with Crippen LogP contribution in [0.1, 0.15) is 53.9 Å². The van der Waals surface area contributed by atoms with Crippen LogP contribution in [0.2, 0.25) is 0 Å². The maximum atomic E-state index is 12.9. The molecular formula is C18H27ClN6O2. The van der Waals surface area contributed by atoms with Crippen molar-refractivity contribution in [3.8, 4) is 0 Å². The Kier molecular flexibility index (Phi) is 6.49. The van der Waals surface area contributed by atoms with Crippen LogP contribution in [-0.4, -0.2) is 56.9 Å². The number of nitrogens with zero attached hydrogens (tertiary/aromatic N) is 5. The van der Waals surface area contributed by atoms with E-state index in [9.17, 15) is 4.79 Å². The van der Waals surface area contributed by atoms with Gasteiger partial charge in [0.25, 0.3) is 5.91 Å². The Morgan fingerprint density at radius 1 is 1.37 bits per heavy atom. The van der Waals surface area contributed by atoms with E-state index in [4.69, 9.17) is 4.52 Å². The number of hydrogen-bond acceptors (Lipinski definition) is 6. The molecule has 2 unspecified atom stereocenters. The number of aromatic nitrogens is 4. The second kappa shape index (κ2) is 8.84. The number of likely N-dealkylation sites (tertiary alicyclic amines) is 1. The summed E-state index contributed by atoms with van der Waals surface area (Å²) < 4.78 is 7.00. The number of carbonyl (C=O) groups excluding carboxylic acids is 1. The van der Waals surface area contributed by atoms with E-state index < -0.39 is 0 Å². The maximum absolute atomic E-state index is 12.9. The number of halogens is 1. The van der Waals surface area contributed by atoms with E-state index in [1.54, 1.807) is 6.92 Å². The van der Waals surface area contributed by atoms with E-state index in [0.717, 1.165) is 64.1 Å². The third-order valence-electron chi connectivity index (χ3n) is 5.32. The minimum atomic E-state index is 0. The number of nitrogens with one attached hydrogen (secondary N) is 1.